The average Bonchev–Trinajstić information content (AvgIpc) is 2.74. The van der Waals surface area contributed by atoms with E-state index in [9.17, 15) is 4.79 Å². The molecule has 0 aromatic heterocycles. The van der Waals surface area contributed by atoms with Crippen molar-refractivity contribution in [2.75, 3.05) is 43.6 Å². The average molecular weight is 414 g/mol. The Bertz CT molecular complexity index is 776. The predicted octanol–water partition coefficient (Wildman–Crippen LogP) is 4.04. The quantitative estimate of drug-likeness (QED) is 0.686. The molecular weight excluding hydrogens is 382 g/mol. The number of hydrogen-bond acceptors (Lipinski definition) is 4. The topological polar surface area (TPSA) is 53.6 Å². The number of nitrogens with zero attached hydrogens (tertiary/aromatic N) is 1. The molecule has 1 saturated heterocycles. The van der Waals surface area contributed by atoms with Gasteiger partial charge in [0.05, 0.1) is 7.11 Å². The molecule has 2 amide bonds. The Balaban J connectivity index is 1.42. The fourth-order valence-electron chi connectivity index (χ4n) is 3.46. The summed E-state index contributed by atoms with van der Waals surface area (Å²) in [5, 5.41) is 5.92. The van der Waals surface area contributed by atoms with Crippen molar-refractivity contribution in [1.82, 2.24) is 10.2 Å². The third kappa shape index (κ3) is 7.29. The highest BCUT2D eigenvalue weighted by Crippen LogP contribution is 2.15. The number of thioether (sulfide) groups is 1. The summed E-state index contributed by atoms with van der Waals surface area (Å²) in [6.07, 6.45) is 1.80. The van der Waals surface area contributed by atoms with Crippen molar-refractivity contribution in [3.05, 3.63) is 59.7 Å². The van der Waals surface area contributed by atoms with Crippen LogP contribution in [0.5, 0.6) is 5.75 Å². The van der Waals surface area contributed by atoms with E-state index in [0.29, 0.717) is 0 Å². The second kappa shape index (κ2) is 11.1. The van der Waals surface area contributed by atoms with Crippen molar-refractivity contribution in [2.24, 2.45) is 0 Å². The van der Waals surface area contributed by atoms with E-state index in [4.69, 9.17) is 4.74 Å². The largest absolute Gasteiger partial charge is 0.497 e. The van der Waals surface area contributed by atoms with Crippen molar-refractivity contribution >= 4 is 23.5 Å². The van der Waals surface area contributed by atoms with E-state index in [-0.39, 0.29) is 12.1 Å². The van der Waals surface area contributed by atoms with Gasteiger partial charge in [0.25, 0.3) is 0 Å². The number of benzene rings is 2. The zero-order valence-electron chi connectivity index (χ0n) is 17.3. The van der Waals surface area contributed by atoms with Gasteiger partial charge in [-0.1, -0.05) is 24.3 Å². The van der Waals surface area contributed by atoms with Gasteiger partial charge in [0.1, 0.15) is 5.75 Å². The maximum absolute atomic E-state index is 12.3. The van der Waals surface area contributed by atoms with Crippen molar-refractivity contribution < 1.29 is 9.53 Å². The van der Waals surface area contributed by atoms with Crippen LogP contribution in [0.25, 0.3) is 0 Å². The maximum Gasteiger partial charge on any atom is 0.319 e. The van der Waals surface area contributed by atoms with Crippen LogP contribution < -0.4 is 15.4 Å². The SMILES string of the molecule is COc1cccc(CC(C)NC(=O)Nc2ccc(CCN3CCSCC3)cc2)c1. The van der Waals surface area contributed by atoms with Crippen LogP contribution in [0.4, 0.5) is 10.5 Å². The van der Waals surface area contributed by atoms with Crippen molar-refractivity contribution in [1.29, 1.82) is 0 Å². The normalized spacial score (nSPS) is 15.5. The number of rotatable bonds is 8. The van der Waals surface area contributed by atoms with Gasteiger partial charge >= 0.3 is 6.03 Å². The highest BCUT2D eigenvalue weighted by molar-refractivity contribution is 7.99. The molecule has 1 aliphatic rings. The molecule has 2 aromatic carbocycles. The van der Waals surface area contributed by atoms with Crippen LogP contribution in [0.15, 0.2) is 48.5 Å². The summed E-state index contributed by atoms with van der Waals surface area (Å²) in [6.45, 7) is 5.49. The molecule has 6 heteroatoms. The van der Waals surface area contributed by atoms with E-state index >= 15 is 0 Å². The lowest BCUT2D eigenvalue weighted by Crippen LogP contribution is -2.37. The van der Waals surface area contributed by atoms with Crippen molar-refractivity contribution in [2.45, 2.75) is 25.8 Å². The second-order valence-electron chi connectivity index (χ2n) is 7.46. The van der Waals surface area contributed by atoms with Crippen LogP contribution in [0.3, 0.4) is 0 Å². The van der Waals surface area contributed by atoms with Crippen LogP contribution in [-0.4, -0.2) is 55.2 Å². The molecular formula is C23H31N3O2S. The van der Waals surface area contributed by atoms with E-state index in [0.717, 1.165) is 36.4 Å². The zero-order valence-corrected chi connectivity index (χ0v) is 18.1. The molecule has 1 unspecified atom stereocenters. The van der Waals surface area contributed by atoms with Gasteiger partial charge in [-0.15, -0.1) is 0 Å². The highest BCUT2D eigenvalue weighted by Gasteiger charge is 2.11. The van der Waals surface area contributed by atoms with Crippen LogP contribution in [-0.2, 0) is 12.8 Å². The van der Waals surface area contributed by atoms with Crippen molar-refractivity contribution in [3.63, 3.8) is 0 Å². The van der Waals surface area contributed by atoms with E-state index in [1.807, 2.05) is 55.1 Å². The first-order valence-corrected chi connectivity index (χ1v) is 11.4. The van der Waals surface area contributed by atoms with Gasteiger partial charge in [-0.25, -0.2) is 4.79 Å². The summed E-state index contributed by atoms with van der Waals surface area (Å²) in [5.41, 5.74) is 3.25. The Morgan fingerprint density at radius 1 is 1.14 bits per heavy atom. The standard InChI is InChI=1S/C23H31N3O2S/c1-18(16-20-4-3-5-22(17-20)28-2)24-23(27)25-21-8-6-19(7-9-21)10-11-26-12-14-29-15-13-26/h3-9,17-18H,10-16H2,1-2H3,(H2,24,25,27). The summed E-state index contributed by atoms with van der Waals surface area (Å²) in [6, 6.07) is 15.9. The number of urea groups is 1. The summed E-state index contributed by atoms with van der Waals surface area (Å²) in [4.78, 5) is 14.8. The Labute approximate surface area is 178 Å². The predicted molar refractivity (Wildman–Crippen MR) is 122 cm³/mol. The maximum atomic E-state index is 12.3. The molecule has 0 bridgehead atoms. The van der Waals surface area contributed by atoms with Crippen LogP contribution in [0, 0.1) is 0 Å². The minimum atomic E-state index is -0.182. The molecule has 2 N–H and O–H groups in total. The zero-order chi connectivity index (χ0) is 20.5. The summed E-state index contributed by atoms with van der Waals surface area (Å²) >= 11 is 2.04. The first-order valence-electron chi connectivity index (χ1n) is 10.2. The molecule has 0 spiro atoms. The van der Waals surface area contributed by atoms with Gasteiger partial charge in [0.2, 0.25) is 0 Å². The molecule has 1 atom stereocenters. The van der Waals surface area contributed by atoms with Gasteiger partial charge in [0, 0.05) is 42.9 Å². The Hall–Kier alpha value is -2.18. The van der Waals surface area contributed by atoms with Crippen LogP contribution >= 0.6 is 11.8 Å². The second-order valence-corrected chi connectivity index (χ2v) is 8.68. The fourth-order valence-corrected chi connectivity index (χ4v) is 4.44. The lowest BCUT2D eigenvalue weighted by atomic mass is 10.1. The number of anilines is 1. The monoisotopic (exact) mass is 413 g/mol. The van der Waals surface area contributed by atoms with Gasteiger partial charge < -0.3 is 20.3 Å². The number of methoxy groups -OCH3 is 1. The molecule has 2 aromatic rings. The molecule has 3 rings (SSSR count). The first kappa shape index (κ1) is 21.5. The number of carbonyl (C=O) groups excluding carboxylic acids is 1. The van der Waals surface area contributed by atoms with Gasteiger partial charge in [-0.2, -0.15) is 11.8 Å². The first-order chi connectivity index (χ1) is 14.1. The molecule has 29 heavy (non-hydrogen) atoms. The number of amides is 2. The minimum Gasteiger partial charge on any atom is -0.497 e. The summed E-state index contributed by atoms with van der Waals surface area (Å²) in [5.74, 6) is 3.32. The molecule has 1 heterocycles. The summed E-state index contributed by atoms with van der Waals surface area (Å²) < 4.78 is 5.25. The molecule has 1 aliphatic heterocycles. The minimum absolute atomic E-state index is 0.0177. The number of ether oxygens (including phenoxy) is 1. The smallest absolute Gasteiger partial charge is 0.319 e. The van der Waals surface area contributed by atoms with Crippen LogP contribution in [0.2, 0.25) is 0 Å². The third-order valence-electron chi connectivity index (χ3n) is 5.09. The molecule has 0 saturated carbocycles. The molecule has 0 radical (unpaired) electrons. The van der Waals surface area contributed by atoms with Crippen molar-refractivity contribution in [3.8, 4) is 5.75 Å². The molecule has 1 fully saturated rings. The van der Waals surface area contributed by atoms with Crippen LogP contribution in [0.1, 0.15) is 18.1 Å². The number of carbonyl (C=O) groups is 1. The number of hydrogen-bond donors (Lipinski definition) is 2. The Morgan fingerprint density at radius 2 is 1.90 bits per heavy atom. The lowest BCUT2D eigenvalue weighted by Gasteiger charge is -2.26. The van der Waals surface area contributed by atoms with E-state index in [1.165, 1.54) is 30.2 Å². The molecule has 5 nitrogen and oxygen atoms in total. The van der Waals surface area contributed by atoms with Gasteiger partial charge in [-0.3, -0.25) is 0 Å². The van der Waals surface area contributed by atoms with E-state index in [2.05, 4.69) is 27.7 Å². The van der Waals surface area contributed by atoms with E-state index in [1.54, 1.807) is 7.11 Å². The molecule has 156 valence electrons. The summed E-state index contributed by atoms with van der Waals surface area (Å²) in [7, 11) is 1.66. The van der Waals surface area contributed by atoms with Gasteiger partial charge in [-0.05, 0) is 55.2 Å². The lowest BCUT2D eigenvalue weighted by molar-refractivity contribution is 0.249. The Morgan fingerprint density at radius 3 is 2.62 bits per heavy atom. The fraction of sp³-hybridized carbons (Fsp3) is 0.435. The number of nitrogens with one attached hydrogen (secondary N) is 2. The Kier molecular flexibility index (Phi) is 8.25. The highest BCUT2D eigenvalue weighted by atomic mass is 32.2. The van der Waals surface area contributed by atoms with Gasteiger partial charge in [0.15, 0.2) is 0 Å². The van der Waals surface area contributed by atoms with E-state index < -0.39 is 0 Å². The third-order valence-corrected chi connectivity index (χ3v) is 6.03. The molecule has 0 aliphatic carbocycles.